The van der Waals surface area contributed by atoms with Crippen molar-refractivity contribution in [1.82, 2.24) is 0 Å². The number of unbranched alkanes of at least 4 members (excludes halogenated alkanes) is 7. The number of nitriles is 1. The molecule has 0 spiro atoms. The van der Waals surface area contributed by atoms with Gasteiger partial charge in [-0.2, -0.15) is 5.26 Å². The molecule has 3 aromatic rings. The molecule has 0 amide bonds. The first-order valence-electron chi connectivity index (χ1n) is 14.7. The fraction of sp³-hybridized carbons (Fsp3) is 0.429. The van der Waals surface area contributed by atoms with E-state index in [1.54, 1.807) is 18.2 Å². The number of benzene rings is 3. The average molecular weight is 526 g/mol. The molecule has 0 aliphatic heterocycles. The van der Waals surface area contributed by atoms with Crippen LogP contribution in [0.1, 0.15) is 104 Å². The van der Waals surface area contributed by atoms with E-state index in [1.165, 1.54) is 56.1 Å². The van der Waals surface area contributed by atoms with Crippen molar-refractivity contribution in [2.45, 2.75) is 90.9 Å². The summed E-state index contributed by atoms with van der Waals surface area (Å²) in [6.45, 7) is 5.01. The zero-order chi connectivity index (χ0) is 27.7. The van der Waals surface area contributed by atoms with Crippen molar-refractivity contribution < 1.29 is 14.3 Å². The number of hydrogen-bond donors (Lipinski definition) is 0. The van der Waals surface area contributed by atoms with Crippen molar-refractivity contribution in [3.05, 3.63) is 94.5 Å². The lowest BCUT2D eigenvalue weighted by molar-refractivity contribution is 0.0733. The molecule has 0 unspecified atom stereocenters. The molecular formula is C35H43NO3. The average Bonchev–Trinajstić information content (AvgIpc) is 2.97. The lowest BCUT2D eigenvalue weighted by Gasteiger charge is -2.13. The van der Waals surface area contributed by atoms with Crippen LogP contribution in [-0.4, -0.2) is 12.6 Å². The highest BCUT2D eigenvalue weighted by atomic mass is 16.5. The quantitative estimate of drug-likeness (QED) is 0.100. The van der Waals surface area contributed by atoms with E-state index >= 15 is 0 Å². The second-order valence-electron chi connectivity index (χ2n) is 10.2. The molecule has 0 aromatic heterocycles. The molecule has 3 aromatic carbocycles. The van der Waals surface area contributed by atoms with E-state index in [0.717, 1.165) is 37.7 Å². The summed E-state index contributed by atoms with van der Waals surface area (Å²) in [6, 6.07) is 23.5. The highest BCUT2D eigenvalue weighted by molar-refractivity contribution is 5.92. The van der Waals surface area contributed by atoms with Crippen LogP contribution in [0, 0.1) is 11.3 Å². The van der Waals surface area contributed by atoms with Gasteiger partial charge >= 0.3 is 5.97 Å². The maximum absolute atomic E-state index is 13.0. The van der Waals surface area contributed by atoms with Crippen LogP contribution in [0.2, 0.25) is 0 Å². The molecule has 39 heavy (non-hydrogen) atoms. The van der Waals surface area contributed by atoms with Crippen LogP contribution in [0.15, 0.2) is 66.7 Å². The number of esters is 1. The van der Waals surface area contributed by atoms with E-state index in [4.69, 9.17) is 9.47 Å². The van der Waals surface area contributed by atoms with Gasteiger partial charge in [-0.15, -0.1) is 0 Å². The fourth-order valence-electron chi connectivity index (χ4n) is 4.78. The number of carbonyl (C=O) groups is 1. The smallest absolute Gasteiger partial charge is 0.343 e. The maximum atomic E-state index is 13.0. The largest absolute Gasteiger partial charge is 0.492 e. The van der Waals surface area contributed by atoms with Crippen LogP contribution in [0.4, 0.5) is 0 Å². The number of aryl methyl sites for hydroxylation is 3. The minimum atomic E-state index is -0.471. The van der Waals surface area contributed by atoms with Crippen LogP contribution in [0.3, 0.4) is 0 Å². The van der Waals surface area contributed by atoms with Gasteiger partial charge in [-0.05, 0) is 73.1 Å². The Hall–Kier alpha value is -3.58. The maximum Gasteiger partial charge on any atom is 0.343 e. The summed E-state index contributed by atoms with van der Waals surface area (Å²) in [5, 5.41) is 9.64. The van der Waals surface area contributed by atoms with Gasteiger partial charge in [0.1, 0.15) is 17.6 Å². The Labute approximate surface area is 235 Å². The van der Waals surface area contributed by atoms with Crippen molar-refractivity contribution in [1.29, 1.82) is 5.26 Å². The SMILES string of the molecule is CCCCCCCCOc1ccc(C(=O)Oc2ccccc2CCc2ccccc2CCCCC)cc1C#N. The highest BCUT2D eigenvalue weighted by Gasteiger charge is 2.15. The minimum Gasteiger partial charge on any atom is -0.492 e. The van der Waals surface area contributed by atoms with Crippen molar-refractivity contribution in [2.24, 2.45) is 0 Å². The third kappa shape index (κ3) is 9.91. The first kappa shape index (κ1) is 30.0. The molecule has 3 rings (SSSR count). The molecule has 0 radical (unpaired) electrons. The van der Waals surface area contributed by atoms with Gasteiger partial charge in [-0.3, -0.25) is 0 Å². The summed E-state index contributed by atoms with van der Waals surface area (Å²) < 4.78 is 11.7. The fourth-order valence-corrected chi connectivity index (χ4v) is 4.78. The van der Waals surface area contributed by atoms with Gasteiger partial charge in [0.2, 0.25) is 0 Å². The van der Waals surface area contributed by atoms with E-state index in [-0.39, 0.29) is 0 Å². The zero-order valence-corrected chi connectivity index (χ0v) is 23.7. The molecule has 0 saturated carbocycles. The van der Waals surface area contributed by atoms with E-state index in [1.807, 2.05) is 24.3 Å². The summed E-state index contributed by atoms with van der Waals surface area (Å²) in [5.74, 6) is 0.606. The predicted octanol–water partition coefficient (Wildman–Crippen LogP) is 9.03. The van der Waals surface area contributed by atoms with Gasteiger partial charge < -0.3 is 9.47 Å². The molecular weight excluding hydrogens is 482 g/mol. The monoisotopic (exact) mass is 525 g/mol. The summed E-state index contributed by atoms with van der Waals surface area (Å²) in [7, 11) is 0. The van der Waals surface area contributed by atoms with Crippen molar-refractivity contribution in [3.63, 3.8) is 0 Å². The van der Waals surface area contributed by atoms with Gasteiger partial charge in [0.25, 0.3) is 0 Å². The molecule has 0 aliphatic rings. The summed E-state index contributed by atoms with van der Waals surface area (Å²) in [5.41, 5.74) is 4.44. The van der Waals surface area contributed by atoms with Crippen LogP contribution < -0.4 is 9.47 Å². The van der Waals surface area contributed by atoms with E-state index in [0.29, 0.717) is 29.2 Å². The molecule has 0 heterocycles. The molecule has 4 nitrogen and oxygen atoms in total. The molecule has 0 bridgehead atoms. The lowest BCUT2D eigenvalue weighted by atomic mass is 9.96. The summed E-state index contributed by atoms with van der Waals surface area (Å²) in [4.78, 5) is 13.0. The van der Waals surface area contributed by atoms with E-state index in [9.17, 15) is 10.1 Å². The molecule has 0 aliphatic carbocycles. The molecule has 0 fully saturated rings. The van der Waals surface area contributed by atoms with Gasteiger partial charge in [-0.25, -0.2) is 4.79 Å². The van der Waals surface area contributed by atoms with Crippen molar-refractivity contribution >= 4 is 5.97 Å². The molecule has 4 heteroatoms. The van der Waals surface area contributed by atoms with Crippen LogP contribution in [0.25, 0.3) is 0 Å². The molecule has 0 N–H and O–H groups in total. The number of carbonyl (C=O) groups excluding carboxylic acids is 1. The number of ether oxygens (including phenoxy) is 2. The standard InChI is InChI=1S/C35H43NO3/c1-3-5-7-8-9-15-25-38-33-24-23-31(26-32(33)27-36)35(37)39-34-20-14-13-19-30(34)22-21-29-18-12-11-17-28(29)16-10-6-4-2/h11-14,17-20,23-24,26H,3-10,15-16,21-22,25H2,1-2H3. The predicted molar refractivity (Wildman–Crippen MR) is 159 cm³/mol. The normalized spacial score (nSPS) is 10.7. The number of rotatable bonds is 17. The molecule has 0 saturated heterocycles. The Bertz CT molecular complexity index is 1210. The third-order valence-corrected chi connectivity index (χ3v) is 7.10. The number of para-hydroxylation sites is 1. The Morgan fingerprint density at radius 3 is 2.05 bits per heavy atom. The second-order valence-corrected chi connectivity index (χ2v) is 10.2. The Balaban J connectivity index is 1.60. The molecule has 0 atom stereocenters. The summed E-state index contributed by atoms with van der Waals surface area (Å²) in [6.07, 6.45) is 13.5. The third-order valence-electron chi connectivity index (χ3n) is 7.10. The number of nitrogens with zero attached hydrogens (tertiary/aromatic N) is 1. The van der Waals surface area contributed by atoms with Gasteiger partial charge in [0.15, 0.2) is 0 Å². The number of hydrogen-bond acceptors (Lipinski definition) is 4. The van der Waals surface area contributed by atoms with E-state index in [2.05, 4.69) is 44.2 Å². The summed E-state index contributed by atoms with van der Waals surface area (Å²) >= 11 is 0. The highest BCUT2D eigenvalue weighted by Crippen LogP contribution is 2.25. The second kappa shape index (κ2) is 17.1. The lowest BCUT2D eigenvalue weighted by Crippen LogP contribution is -2.11. The first-order chi connectivity index (χ1) is 19.2. The van der Waals surface area contributed by atoms with Gasteiger partial charge in [0, 0.05) is 0 Å². The van der Waals surface area contributed by atoms with Crippen LogP contribution in [0.5, 0.6) is 11.5 Å². The van der Waals surface area contributed by atoms with E-state index < -0.39 is 5.97 Å². The van der Waals surface area contributed by atoms with Crippen LogP contribution in [-0.2, 0) is 19.3 Å². The van der Waals surface area contributed by atoms with Gasteiger partial charge in [-0.1, -0.05) is 101 Å². The molecule has 206 valence electrons. The minimum absolute atomic E-state index is 0.342. The van der Waals surface area contributed by atoms with Crippen LogP contribution >= 0.6 is 0 Å². The Morgan fingerprint density at radius 2 is 1.31 bits per heavy atom. The topological polar surface area (TPSA) is 59.3 Å². The Kier molecular flexibility index (Phi) is 13.1. The van der Waals surface area contributed by atoms with Gasteiger partial charge in [0.05, 0.1) is 17.7 Å². The zero-order valence-electron chi connectivity index (χ0n) is 23.7. The van der Waals surface area contributed by atoms with Crippen molar-refractivity contribution in [3.8, 4) is 17.6 Å². The van der Waals surface area contributed by atoms with Crippen molar-refractivity contribution in [2.75, 3.05) is 6.61 Å². The Morgan fingerprint density at radius 1 is 0.692 bits per heavy atom. The first-order valence-corrected chi connectivity index (χ1v) is 14.7.